The standard InChI is InChI=1S/C13H17FN2O2S/c14-11-4-3-10-5-7-16(13(10)8-11)19(17,18)9-12-2-1-6-15-12/h3-4,8,12,15H,1-2,5-7,9H2. The van der Waals surface area contributed by atoms with Gasteiger partial charge in [0.2, 0.25) is 10.0 Å². The van der Waals surface area contributed by atoms with Crippen LogP contribution >= 0.6 is 0 Å². The highest BCUT2D eigenvalue weighted by Crippen LogP contribution is 2.31. The zero-order valence-electron chi connectivity index (χ0n) is 10.6. The lowest BCUT2D eigenvalue weighted by atomic mass is 10.2. The van der Waals surface area contributed by atoms with Gasteiger partial charge in [-0.2, -0.15) is 0 Å². The minimum absolute atomic E-state index is 0.0302. The summed E-state index contributed by atoms with van der Waals surface area (Å²) in [4.78, 5) is 0. The van der Waals surface area contributed by atoms with Crippen molar-refractivity contribution in [1.82, 2.24) is 5.32 Å². The molecule has 1 atom stereocenters. The second kappa shape index (κ2) is 4.76. The molecule has 0 amide bonds. The monoisotopic (exact) mass is 284 g/mol. The van der Waals surface area contributed by atoms with Crippen molar-refractivity contribution in [3.05, 3.63) is 29.6 Å². The highest BCUT2D eigenvalue weighted by atomic mass is 32.2. The topological polar surface area (TPSA) is 49.4 Å². The molecule has 1 unspecified atom stereocenters. The molecule has 0 radical (unpaired) electrons. The van der Waals surface area contributed by atoms with Crippen molar-refractivity contribution in [3.8, 4) is 0 Å². The maximum Gasteiger partial charge on any atom is 0.236 e. The van der Waals surface area contributed by atoms with Gasteiger partial charge in [0, 0.05) is 12.6 Å². The number of rotatable bonds is 3. The lowest BCUT2D eigenvalue weighted by Crippen LogP contribution is -2.39. The van der Waals surface area contributed by atoms with Gasteiger partial charge in [-0.3, -0.25) is 4.31 Å². The van der Waals surface area contributed by atoms with Crippen LogP contribution in [0.15, 0.2) is 18.2 Å². The number of anilines is 1. The number of halogens is 1. The van der Waals surface area contributed by atoms with Crippen molar-refractivity contribution >= 4 is 15.7 Å². The third-order valence-corrected chi connectivity index (χ3v) is 5.68. The first-order valence-electron chi connectivity index (χ1n) is 6.58. The summed E-state index contributed by atoms with van der Waals surface area (Å²) in [7, 11) is -3.37. The third-order valence-electron chi connectivity index (χ3n) is 3.81. The maximum atomic E-state index is 13.3. The maximum absolute atomic E-state index is 13.3. The van der Waals surface area contributed by atoms with Gasteiger partial charge >= 0.3 is 0 Å². The smallest absolute Gasteiger partial charge is 0.236 e. The van der Waals surface area contributed by atoms with E-state index in [2.05, 4.69) is 5.32 Å². The summed E-state index contributed by atoms with van der Waals surface area (Å²) in [5.74, 6) is -0.289. The third kappa shape index (κ3) is 2.47. The zero-order chi connectivity index (χ0) is 13.5. The predicted octanol–water partition coefficient (Wildman–Crippen LogP) is 1.27. The molecule has 1 fully saturated rings. The first-order valence-corrected chi connectivity index (χ1v) is 8.19. The van der Waals surface area contributed by atoms with Gasteiger partial charge in [0.05, 0.1) is 11.4 Å². The minimum Gasteiger partial charge on any atom is -0.313 e. The average molecular weight is 284 g/mol. The van der Waals surface area contributed by atoms with Gasteiger partial charge in [-0.1, -0.05) is 6.07 Å². The van der Waals surface area contributed by atoms with Crippen molar-refractivity contribution in [1.29, 1.82) is 0 Å². The number of hydrogen-bond acceptors (Lipinski definition) is 3. The van der Waals surface area contributed by atoms with Crippen LogP contribution in [0.5, 0.6) is 0 Å². The number of nitrogens with one attached hydrogen (secondary N) is 1. The van der Waals surface area contributed by atoms with E-state index in [4.69, 9.17) is 0 Å². The Morgan fingerprint density at radius 2 is 2.26 bits per heavy atom. The fourth-order valence-electron chi connectivity index (χ4n) is 2.86. The molecule has 1 N–H and O–H groups in total. The van der Waals surface area contributed by atoms with E-state index >= 15 is 0 Å². The van der Waals surface area contributed by atoms with Crippen LogP contribution in [0.3, 0.4) is 0 Å². The SMILES string of the molecule is O=S(=O)(CC1CCCN1)N1CCc2ccc(F)cc21. The zero-order valence-corrected chi connectivity index (χ0v) is 11.4. The Balaban J connectivity index is 1.85. The highest BCUT2D eigenvalue weighted by molar-refractivity contribution is 7.92. The van der Waals surface area contributed by atoms with Crippen molar-refractivity contribution < 1.29 is 12.8 Å². The Bertz CT molecular complexity index is 582. The Hall–Kier alpha value is -1.14. The summed E-state index contributed by atoms with van der Waals surface area (Å²) in [6.07, 6.45) is 2.57. The van der Waals surface area contributed by atoms with E-state index in [1.165, 1.54) is 16.4 Å². The summed E-state index contributed by atoms with van der Waals surface area (Å²) in [5.41, 5.74) is 1.42. The quantitative estimate of drug-likeness (QED) is 0.909. The molecule has 2 heterocycles. The summed E-state index contributed by atoms with van der Waals surface area (Å²) in [6, 6.07) is 4.41. The molecule has 0 aromatic heterocycles. The Morgan fingerprint density at radius 3 is 3.00 bits per heavy atom. The van der Waals surface area contributed by atoms with Gasteiger partial charge in [0.1, 0.15) is 5.82 Å². The lowest BCUT2D eigenvalue weighted by Gasteiger charge is -2.21. The van der Waals surface area contributed by atoms with Gasteiger partial charge in [-0.25, -0.2) is 12.8 Å². The molecule has 1 aromatic carbocycles. The number of nitrogens with zero attached hydrogens (tertiary/aromatic N) is 1. The van der Waals surface area contributed by atoms with Crippen molar-refractivity contribution in [3.63, 3.8) is 0 Å². The van der Waals surface area contributed by atoms with Gasteiger partial charge in [0.15, 0.2) is 0 Å². The van der Waals surface area contributed by atoms with Crippen molar-refractivity contribution in [2.75, 3.05) is 23.1 Å². The molecule has 0 aliphatic carbocycles. The van der Waals surface area contributed by atoms with Crippen LogP contribution in [0.25, 0.3) is 0 Å². The second-order valence-corrected chi connectivity index (χ2v) is 7.10. The number of fused-ring (bicyclic) bond motifs is 1. The van der Waals surface area contributed by atoms with Crippen molar-refractivity contribution in [2.45, 2.75) is 25.3 Å². The Kier molecular flexibility index (Phi) is 3.22. The molecular formula is C13H17FN2O2S. The first-order chi connectivity index (χ1) is 9.06. The normalized spacial score (nSPS) is 22.8. The van der Waals surface area contributed by atoms with Gasteiger partial charge in [-0.05, 0) is 43.5 Å². The molecule has 6 heteroatoms. The molecular weight excluding hydrogens is 267 g/mol. The molecule has 0 bridgehead atoms. The fourth-order valence-corrected chi connectivity index (χ4v) is 4.67. The highest BCUT2D eigenvalue weighted by Gasteiger charge is 2.32. The van der Waals surface area contributed by atoms with Gasteiger partial charge in [0.25, 0.3) is 0 Å². The summed E-state index contributed by atoms with van der Waals surface area (Å²) in [6.45, 7) is 1.30. The Morgan fingerprint density at radius 1 is 1.42 bits per heavy atom. The molecule has 0 saturated carbocycles. The summed E-state index contributed by atoms with van der Waals surface area (Å²) < 4.78 is 39.5. The molecule has 3 rings (SSSR count). The van der Waals surface area contributed by atoms with Crippen LogP contribution < -0.4 is 9.62 Å². The van der Waals surface area contributed by atoms with Gasteiger partial charge in [-0.15, -0.1) is 0 Å². The van der Waals surface area contributed by atoms with Crippen LogP contribution in [-0.4, -0.2) is 33.3 Å². The number of hydrogen-bond donors (Lipinski definition) is 1. The summed E-state index contributed by atoms with van der Waals surface area (Å²) in [5, 5.41) is 3.19. The van der Waals surface area contributed by atoms with E-state index in [0.717, 1.165) is 24.9 Å². The average Bonchev–Trinajstić information content (AvgIpc) is 2.96. The molecule has 4 nitrogen and oxygen atoms in total. The number of benzene rings is 1. The van der Waals surface area contributed by atoms with E-state index in [1.54, 1.807) is 6.07 Å². The van der Waals surface area contributed by atoms with E-state index in [0.29, 0.717) is 18.7 Å². The first kappa shape index (κ1) is 12.9. The second-order valence-electron chi connectivity index (χ2n) is 5.17. The van der Waals surface area contributed by atoms with E-state index < -0.39 is 10.0 Å². The van der Waals surface area contributed by atoms with Crippen LogP contribution in [0.2, 0.25) is 0 Å². The number of sulfonamides is 1. The lowest BCUT2D eigenvalue weighted by molar-refractivity contribution is 0.573. The molecule has 2 aliphatic rings. The van der Waals surface area contributed by atoms with Crippen LogP contribution in [0.1, 0.15) is 18.4 Å². The minimum atomic E-state index is -3.37. The van der Waals surface area contributed by atoms with E-state index in [9.17, 15) is 12.8 Å². The van der Waals surface area contributed by atoms with Crippen molar-refractivity contribution in [2.24, 2.45) is 0 Å². The largest absolute Gasteiger partial charge is 0.313 e. The molecule has 1 aromatic rings. The molecule has 0 spiro atoms. The van der Waals surface area contributed by atoms with Gasteiger partial charge < -0.3 is 5.32 Å². The van der Waals surface area contributed by atoms with Crippen LogP contribution in [-0.2, 0) is 16.4 Å². The molecule has 19 heavy (non-hydrogen) atoms. The predicted molar refractivity (Wildman–Crippen MR) is 72.3 cm³/mol. The van der Waals surface area contributed by atoms with E-state index in [-0.39, 0.29) is 17.6 Å². The van der Waals surface area contributed by atoms with Crippen LogP contribution in [0, 0.1) is 5.82 Å². The molecule has 2 aliphatic heterocycles. The van der Waals surface area contributed by atoms with Crippen LogP contribution in [0.4, 0.5) is 10.1 Å². The summed E-state index contributed by atoms with van der Waals surface area (Å²) >= 11 is 0. The molecule has 104 valence electrons. The van der Waals surface area contributed by atoms with E-state index in [1.807, 2.05) is 0 Å². The Labute approximate surface area is 112 Å². The fraction of sp³-hybridized carbons (Fsp3) is 0.538. The molecule has 1 saturated heterocycles.